The first-order valence-electron chi connectivity index (χ1n) is 9.05. The van der Waals surface area contributed by atoms with E-state index in [1.165, 1.54) is 17.9 Å². The fourth-order valence-corrected chi connectivity index (χ4v) is 3.32. The molecule has 3 heterocycles. The van der Waals surface area contributed by atoms with Crippen LogP contribution in [0.1, 0.15) is 12.6 Å². The average molecular weight is 398 g/mol. The normalized spacial score (nSPS) is 16.3. The van der Waals surface area contributed by atoms with Crippen molar-refractivity contribution in [3.63, 3.8) is 0 Å². The summed E-state index contributed by atoms with van der Waals surface area (Å²) in [5, 5.41) is 11.9. The van der Waals surface area contributed by atoms with Gasteiger partial charge in [0.15, 0.2) is 0 Å². The van der Waals surface area contributed by atoms with Crippen molar-refractivity contribution in [2.75, 3.05) is 18.0 Å². The predicted octanol–water partition coefficient (Wildman–Crippen LogP) is 2.09. The molecule has 0 saturated carbocycles. The van der Waals surface area contributed by atoms with E-state index in [1.807, 2.05) is 0 Å². The van der Waals surface area contributed by atoms with E-state index in [-0.39, 0.29) is 25.6 Å². The molecule has 2 aromatic heterocycles. The maximum absolute atomic E-state index is 14.8. The van der Waals surface area contributed by atoms with Crippen molar-refractivity contribution in [3.05, 3.63) is 54.2 Å². The molecule has 1 saturated heterocycles. The van der Waals surface area contributed by atoms with Gasteiger partial charge >= 0.3 is 6.09 Å². The summed E-state index contributed by atoms with van der Waals surface area (Å²) in [5.41, 5.74) is 2.62. The number of amides is 2. The second-order valence-electron chi connectivity index (χ2n) is 6.77. The molecule has 0 unspecified atom stereocenters. The third-order valence-electron chi connectivity index (χ3n) is 4.78. The van der Waals surface area contributed by atoms with Crippen LogP contribution in [0.3, 0.4) is 0 Å². The molecule has 1 aromatic carbocycles. The number of cyclic esters (lactones) is 1. The van der Waals surface area contributed by atoms with Crippen LogP contribution in [-0.4, -0.2) is 45.7 Å². The first kappa shape index (κ1) is 18.9. The third-order valence-corrected chi connectivity index (χ3v) is 4.78. The van der Waals surface area contributed by atoms with E-state index >= 15 is 0 Å². The minimum absolute atomic E-state index is 0.140. The Balaban J connectivity index is 1.57. The highest BCUT2D eigenvalue weighted by atomic mass is 19.1. The molecule has 3 aromatic rings. The molecule has 4 rings (SSSR count). The van der Waals surface area contributed by atoms with E-state index in [0.717, 1.165) is 0 Å². The Labute approximate surface area is 165 Å². The van der Waals surface area contributed by atoms with Crippen molar-refractivity contribution in [2.24, 2.45) is 0 Å². The molecule has 0 spiro atoms. The Morgan fingerprint density at radius 1 is 1.38 bits per heavy atom. The number of hydrogen-bond donors (Lipinski definition) is 2. The summed E-state index contributed by atoms with van der Waals surface area (Å²) in [4.78, 5) is 28.7. The van der Waals surface area contributed by atoms with Gasteiger partial charge in [0.1, 0.15) is 17.6 Å². The number of nitrogens with zero attached hydrogens (tertiary/aromatic N) is 3. The predicted molar refractivity (Wildman–Crippen MR) is 103 cm³/mol. The molecule has 1 atom stereocenters. The van der Waals surface area contributed by atoms with E-state index in [1.54, 1.807) is 41.1 Å². The van der Waals surface area contributed by atoms with E-state index in [0.29, 0.717) is 28.2 Å². The van der Waals surface area contributed by atoms with Crippen LogP contribution in [0.15, 0.2) is 42.7 Å². The molecule has 2 amide bonds. The maximum Gasteiger partial charge on any atom is 0.414 e. The van der Waals surface area contributed by atoms with Gasteiger partial charge in [-0.25, -0.2) is 14.2 Å². The van der Waals surface area contributed by atoms with Gasteiger partial charge in [0.05, 0.1) is 37.3 Å². The standard InChI is InChI=1S/C20H19FN4O4/c1-12(27)22-9-16-10-25(20(28)29-16)14-2-3-17(18(21)7-14)13-4-5-24-15(11-26)8-23-19(24)6-13/h2-8,16,26H,9-11H2,1H3,(H,22,27)/t16-/m0/s1. The van der Waals surface area contributed by atoms with Crippen molar-refractivity contribution < 1.29 is 23.8 Å². The van der Waals surface area contributed by atoms with Gasteiger partial charge < -0.3 is 19.6 Å². The van der Waals surface area contributed by atoms with Gasteiger partial charge in [0, 0.05) is 18.7 Å². The first-order chi connectivity index (χ1) is 14.0. The number of fused-ring (bicyclic) bond motifs is 1. The summed E-state index contributed by atoms with van der Waals surface area (Å²) in [6.45, 7) is 1.67. The summed E-state index contributed by atoms with van der Waals surface area (Å²) in [5.74, 6) is -0.700. The zero-order valence-corrected chi connectivity index (χ0v) is 15.6. The second-order valence-corrected chi connectivity index (χ2v) is 6.77. The number of imidazole rings is 1. The smallest absolute Gasteiger partial charge is 0.414 e. The van der Waals surface area contributed by atoms with Crippen LogP contribution < -0.4 is 10.2 Å². The largest absolute Gasteiger partial charge is 0.442 e. The zero-order valence-electron chi connectivity index (χ0n) is 15.6. The van der Waals surface area contributed by atoms with Gasteiger partial charge in [-0.1, -0.05) is 0 Å². The second kappa shape index (κ2) is 7.51. The quantitative estimate of drug-likeness (QED) is 0.686. The molecule has 0 bridgehead atoms. The van der Waals surface area contributed by atoms with Gasteiger partial charge in [-0.3, -0.25) is 9.69 Å². The number of aromatic nitrogens is 2. The van der Waals surface area contributed by atoms with E-state index in [4.69, 9.17) is 4.74 Å². The topological polar surface area (TPSA) is 96.2 Å². The third kappa shape index (κ3) is 3.64. The minimum Gasteiger partial charge on any atom is -0.442 e. The van der Waals surface area contributed by atoms with Gasteiger partial charge in [-0.05, 0) is 35.9 Å². The lowest BCUT2D eigenvalue weighted by molar-refractivity contribution is -0.119. The molecular formula is C20H19FN4O4. The SMILES string of the molecule is CC(=O)NC[C@H]1CN(c2ccc(-c3ccn4c(CO)cnc4c3)c(F)c2)C(=O)O1. The Kier molecular flexibility index (Phi) is 4.89. The van der Waals surface area contributed by atoms with Crippen molar-refractivity contribution in [3.8, 4) is 11.1 Å². The lowest BCUT2D eigenvalue weighted by atomic mass is 10.1. The van der Waals surface area contributed by atoms with Gasteiger partial charge in [0.2, 0.25) is 5.91 Å². The summed E-state index contributed by atoms with van der Waals surface area (Å²) in [6, 6.07) is 7.99. The molecule has 1 aliphatic rings. The lowest BCUT2D eigenvalue weighted by Crippen LogP contribution is -2.33. The number of carbonyl (C=O) groups excluding carboxylic acids is 2. The van der Waals surface area contributed by atoms with Crippen molar-refractivity contribution in [1.82, 2.24) is 14.7 Å². The average Bonchev–Trinajstić information content (AvgIpc) is 3.28. The number of rotatable bonds is 5. The van der Waals surface area contributed by atoms with Crippen LogP contribution in [0.2, 0.25) is 0 Å². The molecule has 0 aliphatic carbocycles. The molecule has 1 fully saturated rings. The number of anilines is 1. The Hall–Kier alpha value is -3.46. The van der Waals surface area contributed by atoms with E-state index in [2.05, 4.69) is 10.3 Å². The number of aliphatic hydroxyl groups is 1. The van der Waals surface area contributed by atoms with Crippen LogP contribution in [0, 0.1) is 5.82 Å². The fourth-order valence-electron chi connectivity index (χ4n) is 3.32. The summed E-state index contributed by atoms with van der Waals surface area (Å²) in [7, 11) is 0. The molecule has 29 heavy (non-hydrogen) atoms. The number of benzene rings is 1. The van der Waals surface area contributed by atoms with Crippen molar-refractivity contribution in [1.29, 1.82) is 0 Å². The van der Waals surface area contributed by atoms with Crippen LogP contribution in [0.4, 0.5) is 14.9 Å². The highest BCUT2D eigenvalue weighted by Crippen LogP contribution is 2.29. The van der Waals surface area contributed by atoms with Crippen LogP contribution >= 0.6 is 0 Å². The van der Waals surface area contributed by atoms with E-state index in [9.17, 15) is 19.1 Å². The number of halogens is 1. The number of carbonyl (C=O) groups is 2. The number of pyridine rings is 1. The maximum atomic E-state index is 14.8. The summed E-state index contributed by atoms with van der Waals surface area (Å²) in [6.07, 6.45) is 2.22. The van der Waals surface area contributed by atoms with E-state index < -0.39 is 18.0 Å². The number of nitrogens with one attached hydrogen (secondary N) is 1. The summed E-state index contributed by atoms with van der Waals surface area (Å²) < 4.78 is 21.8. The molecule has 9 heteroatoms. The minimum atomic E-state index is -0.581. The molecule has 0 radical (unpaired) electrons. The Morgan fingerprint density at radius 2 is 2.21 bits per heavy atom. The van der Waals surface area contributed by atoms with Crippen molar-refractivity contribution in [2.45, 2.75) is 19.6 Å². The highest BCUT2D eigenvalue weighted by Gasteiger charge is 2.32. The molecule has 8 nitrogen and oxygen atoms in total. The first-order valence-corrected chi connectivity index (χ1v) is 9.05. The zero-order chi connectivity index (χ0) is 20.5. The lowest BCUT2D eigenvalue weighted by Gasteiger charge is -2.14. The number of hydrogen-bond acceptors (Lipinski definition) is 5. The van der Waals surface area contributed by atoms with Gasteiger partial charge in [-0.2, -0.15) is 0 Å². The molecule has 150 valence electrons. The van der Waals surface area contributed by atoms with Crippen LogP contribution in [-0.2, 0) is 16.1 Å². The molecular weight excluding hydrogens is 379 g/mol. The van der Waals surface area contributed by atoms with Crippen molar-refractivity contribution >= 4 is 23.3 Å². The number of ether oxygens (including phenoxy) is 1. The van der Waals surface area contributed by atoms with Crippen LogP contribution in [0.5, 0.6) is 0 Å². The highest BCUT2D eigenvalue weighted by molar-refractivity contribution is 5.90. The molecule has 2 N–H and O–H groups in total. The monoisotopic (exact) mass is 398 g/mol. The number of aliphatic hydroxyl groups excluding tert-OH is 1. The summed E-state index contributed by atoms with van der Waals surface area (Å²) >= 11 is 0. The Bertz CT molecular complexity index is 1100. The van der Waals surface area contributed by atoms with Gasteiger partial charge in [0.25, 0.3) is 0 Å². The molecule has 1 aliphatic heterocycles. The fraction of sp³-hybridized carbons (Fsp3) is 0.250. The Morgan fingerprint density at radius 3 is 2.93 bits per heavy atom. The van der Waals surface area contributed by atoms with Crippen LogP contribution in [0.25, 0.3) is 16.8 Å². The van der Waals surface area contributed by atoms with Gasteiger partial charge in [-0.15, -0.1) is 0 Å².